The van der Waals surface area contributed by atoms with Gasteiger partial charge in [-0.3, -0.25) is 10.2 Å². The molecule has 2 aliphatic heterocycles. The smallest absolute Gasteiger partial charge is 0.232 e. The summed E-state index contributed by atoms with van der Waals surface area (Å²) < 4.78 is 2.31. The van der Waals surface area contributed by atoms with Crippen molar-refractivity contribution in [1.82, 2.24) is 19.8 Å². The van der Waals surface area contributed by atoms with Crippen molar-refractivity contribution in [3.63, 3.8) is 0 Å². The van der Waals surface area contributed by atoms with E-state index in [4.69, 9.17) is 16.1 Å². The highest BCUT2D eigenvalue weighted by Crippen LogP contribution is 2.32. The van der Waals surface area contributed by atoms with Gasteiger partial charge in [-0.05, 0) is 62.8 Å². The van der Waals surface area contributed by atoms with Gasteiger partial charge in [0.1, 0.15) is 11.7 Å². The molecular formula is C27H34N6O. The summed E-state index contributed by atoms with van der Waals surface area (Å²) in [6.07, 6.45) is 4.22. The van der Waals surface area contributed by atoms with E-state index in [9.17, 15) is 4.79 Å². The molecule has 1 atom stereocenters. The Hall–Kier alpha value is -3.19. The van der Waals surface area contributed by atoms with Crippen molar-refractivity contribution >= 4 is 22.8 Å². The van der Waals surface area contributed by atoms with Gasteiger partial charge in [0.15, 0.2) is 0 Å². The van der Waals surface area contributed by atoms with E-state index in [0.29, 0.717) is 0 Å². The molecule has 0 spiro atoms. The van der Waals surface area contributed by atoms with Crippen molar-refractivity contribution in [3.05, 3.63) is 65.0 Å². The lowest BCUT2D eigenvalue weighted by atomic mass is 9.82. The first-order valence-corrected chi connectivity index (χ1v) is 12.3. The fraction of sp³-hybridized carbons (Fsp3) is 0.444. The van der Waals surface area contributed by atoms with Crippen molar-refractivity contribution in [2.45, 2.75) is 57.5 Å². The molecule has 0 radical (unpaired) electrons. The largest absolute Gasteiger partial charge is 0.384 e. The van der Waals surface area contributed by atoms with Gasteiger partial charge in [0.05, 0.1) is 22.5 Å². The van der Waals surface area contributed by atoms with Crippen molar-refractivity contribution in [2.75, 3.05) is 19.6 Å². The molecule has 1 amide bonds. The number of benzene rings is 2. The van der Waals surface area contributed by atoms with Gasteiger partial charge in [-0.25, -0.2) is 4.98 Å². The molecule has 2 aromatic carbocycles. The summed E-state index contributed by atoms with van der Waals surface area (Å²) in [5, 5.41) is 11.2. The molecule has 1 unspecified atom stereocenters. The molecule has 1 fully saturated rings. The third-order valence-electron chi connectivity index (χ3n) is 7.42. The first-order chi connectivity index (χ1) is 16.3. The number of carbonyl (C=O) groups is 1. The van der Waals surface area contributed by atoms with E-state index in [2.05, 4.69) is 28.1 Å². The van der Waals surface area contributed by atoms with Crippen molar-refractivity contribution in [3.8, 4) is 0 Å². The number of fused-ring (bicyclic) bond motifs is 3. The molecule has 1 saturated heterocycles. The number of hydrogen-bond acceptors (Lipinski definition) is 4. The Morgan fingerprint density at radius 1 is 1.12 bits per heavy atom. The average molecular weight is 459 g/mol. The van der Waals surface area contributed by atoms with Crippen LogP contribution in [0, 0.1) is 5.41 Å². The van der Waals surface area contributed by atoms with Gasteiger partial charge in [-0.2, -0.15) is 0 Å². The maximum Gasteiger partial charge on any atom is 0.232 e. The predicted molar refractivity (Wildman–Crippen MR) is 135 cm³/mol. The maximum absolute atomic E-state index is 13.3. The Morgan fingerprint density at radius 2 is 1.85 bits per heavy atom. The minimum atomic E-state index is -0.578. The van der Waals surface area contributed by atoms with E-state index < -0.39 is 5.41 Å². The predicted octanol–water partition coefficient (Wildman–Crippen LogP) is 3.50. The van der Waals surface area contributed by atoms with Gasteiger partial charge < -0.3 is 20.5 Å². The van der Waals surface area contributed by atoms with Crippen LogP contribution in [0.2, 0.25) is 0 Å². The van der Waals surface area contributed by atoms with E-state index in [-0.39, 0.29) is 17.8 Å². The number of nitrogen functional groups attached to an aromatic ring is 1. The van der Waals surface area contributed by atoms with Gasteiger partial charge in [0.25, 0.3) is 0 Å². The Labute approximate surface area is 200 Å². The van der Waals surface area contributed by atoms with Crippen LogP contribution in [0.15, 0.2) is 42.5 Å². The number of aromatic nitrogens is 2. The lowest BCUT2D eigenvalue weighted by molar-refractivity contribution is -0.137. The van der Waals surface area contributed by atoms with Gasteiger partial charge in [0.2, 0.25) is 5.91 Å². The second kappa shape index (κ2) is 8.87. The van der Waals surface area contributed by atoms with E-state index in [1.807, 2.05) is 43.0 Å². The molecule has 7 nitrogen and oxygen atoms in total. The Morgan fingerprint density at radius 3 is 2.56 bits per heavy atom. The third kappa shape index (κ3) is 4.09. The van der Waals surface area contributed by atoms with E-state index in [1.54, 1.807) is 0 Å². The van der Waals surface area contributed by atoms with Crippen LogP contribution >= 0.6 is 0 Å². The summed E-state index contributed by atoms with van der Waals surface area (Å²) in [6, 6.07) is 14.3. The average Bonchev–Trinajstić information content (AvgIpc) is 3.23. The number of nitrogens with zero attached hydrogens (tertiary/aromatic N) is 3. The summed E-state index contributed by atoms with van der Waals surface area (Å²) in [6.45, 7) is 7.57. The molecule has 4 N–H and O–H groups in total. The molecule has 0 aliphatic carbocycles. The Balaban J connectivity index is 1.42. The van der Waals surface area contributed by atoms with Crippen molar-refractivity contribution < 1.29 is 4.79 Å². The SMILES string of the molecule is CC(C)(C(=O)N1CCCCC1)c1ccc2c(c1)nc1n2CCNC1Cc1ccc(C(=N)N)cc1. The van der Waals surface area contributed by atoms with Crippen LogP contribution < -0.4 is 11.1 Å². The quantitative estimate of drug-likeness (QED) is 0.402. The summed E-state index contributed by atoms with van der Waals surface area (Å²) in [5.41, 5.74) is 10.0. The Bertz CT molecular complexity index is 1220. The van der Waals surface area contributed by atoms with Crippen LogP contribution in [0.3, 0.4) is 0 Å². The number of piperidine rings is 1. The lowest BCUT2D eigenvalue weighted by Crippen LogP contribution is -2.45. The molecule has 178 valence electrons. The second-order valence-electron chi connectivity index (χ2n) is 10.1. The number of amidine groups is 1. The standard InChI is InChI=1S/C27H34N6O/c1-27(2,26(34)32-13-4-3-5-14-32)20-10-11-23-21(17-20)31-25-22(30-12-15-33(23)25)16-18-6-8-19(9-7-18)24(28)29/h6-11,17,22,30H,3-5,12-16H2,1-2H3,(H3,28,29). The molecule has 7 heteroatoms. The van der Waals surface area contributed by atoms with Gasteiger partial charge in [-0.15, -0.1) is 0 Å². The van der Waals surface area contributed by atoms with E-state index >= 15 is 0 Å². The summed E-state index contributed by atoms with van der Waals surface area (Å²) in [7, 11) is 0. The first-order valence-electron chi connectivity index (χ1n) is 12.3. The number of carbonyl (C=O) groups excluding carboxylic acids is 1. The third-order valence-corrected chi connectivity index (χ3v) is 7.42. The number of rotatable bonds is 5. The molecule has 34 heavy (non-hydrogen) atoms. The molecule has 2 aliphatic rings. The Kier molecular flexibility index (Phi) is 5.90. The van der Waals surface area contributed by atoms with Crippen molar-refractivity contribution in [1.29, 1.82) is 5.41 Å². The maximum atomic E-state index is 13.3. The first kappa shape index (κ1) is 22.6. The monoisotopic (exact) mass is 458 g/mol. The van der Waals surface area contributed by atoms with Gasteiger partial charge >= 0.3 is 0 Å². The van der Waals surface area contributed by atoms with Crippen LogP contribution in [0.25, 0.3) is 11.0 Å². The number of imidazole rings is 1. The van der Waals surface area contributed by atoms with Crippen LogP contribution in [0.4, 0.5) is 0 Å². The molecular weight excluding hydrogens is 424 g/mol. The lowest BCUT2D eigenvalue weighted by Gasteiger charge is -2.34. The van der Waals surface area contributed by atoms with Crippen LogP contribution in [0.5, 0.6) is 0 Å². The molecule has 3 heterocycles. The van der Waals surface area contributed by atoms with E-state index in [1.165, 1.54) is 12.0 Å². The molecule has 0 bridgehead atoms. The minimum absolute atomic E-state index is 0.0848. The van der Waals surface area contributed by atoms with Crippen LogP contribution in [-0.4, -0.2) is 45.8 Å². The summed E-state index contributed by atoms with van der Waals surface area (Å²) in [4.78, 5) is 20.4. The summed E-state index contributed by atoms with van der Waals surface area (Å²) >= 11 is 0. The molecule has 0 saturated carbocycles. The number of nitrogens with one attached hydrogen (secondary N) is 2. The number of likely N-dealkylation sites (tertiary alicyclic amines) is 1. The highest BCUT2D eigenvalue weighted by atomic mass is 16.2. The molecule has 3 aromatic rings. The fourth-order valence-corrected chi connectivity index (χ4v) is 5.32. The normalized spacial score (nSPS) is 18.6. The molecule has 1 aromatic heterocycles. The van der Waals surface area contributed by atoms with Crippen LogP contribution in [-0.2, 0) is 23.2 Å². The number of nitrogens with two attached hydrogens (primary N) is 1. The number of hydrogen-bond donors (Lipinski definition) is 3. The van der Waals surface area contributed by atoms with Crippen LogP contribution in [0.1, 0.15) is 61.7 Å². The number of amides is 1. The van der Waals surface area contributed by atoms with E-state index in [0.717, 1.165) is 73.4 Å². The van der Waals surface area contributed by atoms with Gasteiger partial charge in [0, 0.05) is 31.7 Å². The molecule has 5 rings (SSSR count). The topological polar surface area (TPSA) is 100 Å². The zero-order chi connectivity index (χ0) is 23.9. The highest BCUT2D eigenvalue weighted by molar-refractivity contribution is 5.94. The zero-order valence-electron chi connectivity index (χ0n) is 20.1. The fourth-order valence-electron chi connectivity index (χ4n) is 5.32. The zero-order valence-corrected chi connectivity index (χ0v) is 20.1. The minimum Gasteiger partial charge on any atom is -0.384 e. The van der Waals surface area contributed by atoms with Crippen molar-refractivity contribution in [2.24, 2.45) is 5.73 Å². The summed E-state index contributed by atoms with van der Waals surface area (Å²) in [5.74, 6) is 1.33. The highest BCUT2D eigenvalue weighted by Gasteiger charge is 2.35. The second-order valence-corrected chi connectivity index (χ2v) is 10.1. The van der Waals surface area contributed by atoms with Gasteiger partial charge in [-0.1, -0.05) is 30.3 Å².